The Hall–Kier alpha value is -1.85. The van der Waals surface area contributed by atoms with Gasteiger partial charge in [-0.05, 0) is 31.5 Å². The molecule has 0 amide bonds. The molecule has 0 fully saturated rings. The molecule has 2 heteroatoms. The lowest BCUT2D eigenvalue weighted by atomic mass is 10.00. The maximum atomic E-state index is 13.7. The van der Waals surface area contributed by atoms with Crippen LogP contribution in [0.3, 0.4) is 0 Å². The minimum absolute atomic E-state index is 0.897. The van der Waals surface area contributed by atoms with Gasteiger partial charge in [0.25, 0.3) is 0 Å². The van der Waals surface area contributed by atoms with E-state index in [-0.39, 0.29) is 0 Å². The van der Waals surface area contributed by atoms with Crippen molar-refractivity contribution in [1.82, 2.24) is 0 Å². The topological polar surface area (TPSA) is 17.1 Å². The summed E-state index contributed by atoms with van der Waals surface area (Å²) in [5.41, 5.74) is 1.32. The van der Waals surface area contributed by atoms with E-state index < -0.39 is 7.14 Å². The van der Waals surface area contributed by atoms with E-state index in [1.54, 1.807) is 0 Å². The summed E-state index contributed by atoms with van der Waals surface area (Å²) in [7, 11) is -2.71. The summed E-state index contributed by atoms with van der Waals surface area (Å²) < 4.78 is 13.7. The first kappa shape index (κ1) is 15.1. The van der Waals surface area contributed by atoms with Crippen LogP contribution in [0.15, 0.2) is 84.2 Å². The molecule has 0 N–H and O–H groups in total. The van der Waals surface area contributed by atoms with Gasteiger partial charge >= 0.3 is 0 Å². The molecule has 0 aliphatic heterocycles. The smallest absolute Gasteiger partial charge is 0.164 e. The zero-order chi connectivity index (χ0) is 15.3. The van der Waals surface area contributed by atoms with Crippen LogP contribution in [0, 0.1) is 0 Å². The molecular weight excluding hydrogens is 287 g/mol. The number of hydrogen-bond donors (Lipinski definition) is 0. The van der Waals surface area contributed by atoms with Crippen LogP contribution in [0.1, 0.15) is 25.7 Å². The van der Waals surface area contributed by atoms with Crippen molar-refractivity contribution in [3.8, 4) is 0 Å². The van der Waals surface area contributed by atoms with Gasteiger partial charge in [0, 0.05) is 10.6 Å². The molecule has 0 unspecified atom stereocenters. The van der Waals surface area contributed by atoms with Crippen LogP contribution in [-0.4, -0.2) is 0 Å². The molecule has 22 heavy (non-hydrogen) atoms. The van der Waals surface area contributed by atoms with Crippen molar-refractivity contribution in [2.45, 2.75) is 25.7 Å². The Bertz CT molecular complexity index is 670. The maximum absolute atomic E-state index is 13.7. The zero-order valence-electron chi connectivity index (χ0n) is 12.7. The van der Waals surface area contributed by atoms with Gasteiger partial charge in [-0.1, -0.05) is 78.4 Å². The van der Waals surface area contributed by atoms with Crippen molar-refractivity contribution in [2.75, 3.05) is 0 Å². The first-order valence-corrected chi connectivity index (χ1v) is 9.66. The van der Waals surface area contributed by atoms with Crippen molar-refractivity contribution in [1.29, 1.82) is 0 Å². The number of allylic oxidation sites excluding steroid dienone is 3. The van der Waals surface area contributed by atoms with E-state index in [0.717, 1.165) is 23.5 Å². The Morgan fingerprint density at radius 3 is 1.91 bits per heavy atom. The molecule has 0 spiro atoms. The summed E-state index contributed by atoms with van der Waals surface area (Å²) in [6.45, 7) is 0. The van der Waals surface area contributed by atoms with E-state index in [2.05, 4.69) is 12.2 Å². The zero-order valence-corrected chi connectivity index (χ0v) is 13.6. The van der Waals surface area contributed by atoms with E-state index in [1.165, 1.54) is 18.4 Å². The first-order valence-electron chi connectivity index (χ1n) is 7.88. The Labute approximate surface area is 132 Å². The minimum Gasteiger partial charge on any atom is -0.309 e. The van der Waals surface area contributed by atoms with Crippen LogP contribution in [0.25, 0.3) is 0 Å². The Kier molecular flexibility index (Phi) is 4.75. The monoisotopic (exact) mass is 308 g/mol. The van der Waals surface area contributed by atoms with E-state index >= 15 is 0 Å². The maximum Gasteiger partial charge on any atom is 0.164 e. The quantitative estimate of drug-likeness (QED) is 0.725. The average molecular weight is 308 g/mol. The first-order chi connectivity index (χ1) is 10.8. The highest BCUT2D eigenvalue weighted by atomic mass is 31.2. The largest absolute Gasteiger partial charge is 0.309 e. The molecule has 2 aromatic carbocycles. The third kappa shape index (κ3) is 3.31. The summed E-state index contributed by atoms with van der Waals surface area (Å²) >= 11 is 0. The molecule has 1 aliphatic carbocycles. The third-order valence-corrected chi connectivity index (χ3v) is 6.80. The van der Waals surface area contributed by atoms with Gasteiger partial charge < -0.3 is 4.57 Å². The van der Waals surface area contributed by atoms with Crippen molar-refractivity contribution in [3.05, 3.63) is 84.2 Å². The van der Waals surface area contributed by atoms with E-state index in [1.807, 2.05) is 66.5 Å². The molecule has 0 heterocycles. The Balaban J connectivity index is 2.02. The molecule has 1 aliphatic rings. The van der Waals surface area contributed by atoms with Crippen LogP contribution in [0.5, 0.6) is 0 Å². The van der Waals surface area contributed by atoms with Crippen molar-refractivity contribution in [3.63, 3.8) is 0 Å². The van der Waals surface area contributed by atoms with Gasteiger partial charge in [-0.25, -0.2) is 0 Å². The van der Waals surface area contributed by atoms with Crippen LogP contribution in [0.2, 0.25) is 0 Å². The van der Waals surface area contributed by atoms with E-state index in [4.69, 9.17) is 0 Å². The van der Waals surface area contributed by atoms with Crippen molar-refractivity contribution >= 4 is 17.8 Å². The molecule has 0 radical (unpaired) electrons. The molecule has 3 rings (SSSR count). The van der Waals surface area contributed by atoms with Gasteiger partial charge in [-0.3, -0.25) is 0 Å². The average Bonchev–Trinajstić information content (AvgIpc) is 2.62. The lowest BCUT2D eigenvalue weighted by molar-refractivity contribution is 0.592. The molecule has 112 valence electrons. The Morgan fingerprint density at radius 2 is 1.41 bits per heavy atom. The second-order valence-corrected chi connectivity index (χ2v) is 8.32. The summed E-state index contributed by atoms with van der Waals surface area (Å²) in [4.78, 5) is 0. The fourth-order valence-corrected chi connectivity index (χ4v) is 5.11. The molecule has 0 saturated carbocycles. The van der Waals surface area contributed by atoms with E-state index in [0.29, 0.717) is 0 Å². The number of benzene rings is 2. The van der Waals surface area contributed by atoms with Crippen LogP contribution >= 0.6 is 7.14 Å². The predicted octanol–water partition coefficient (Wildman–Crippen LogP) is 5.01. The predicted molar refractivity (Wildman–Crippen MR) is 95.4 cm³/mol. The second kappa shape index (κ2) is 6.94. The van der Waals surface area contributed by atoms with Gasteiger partial charge in [0.2, 0.25) is 0 Å². The number of hydrogen-bond acceptors (Lipinski definition) is 1. The molecule has 0 aromatic heterocycles. The lowest BCUT2D eigenvalue weighted by Crippen LogP contribution is -2.13. The summed E-state index contributed by atoms with van der Waals surface area (Å²) in [6.07, 6.45) is 9.10. The molecule has 0 atom stereocenters. The van der Waals surface area contributed by atoms with Gasteiger partial charge in [0.15, 0.2) is 7.14 Å². The van der Waals surface area contributed by atoms with Crippen molar-refractivity contribution in [2.24, 2.45) is 0 Å². The van der Waals surface area contributed by atoms with Gasteiger partial charge in [0.1, 0.15) is 0 Å². The van der Waals surface area contributed by atoms with E-state index in [9.17, 15) is 4.57 Å². The van der Waals surface area contributed by atoms with Gasteiger partial charge in [0.05, 0.1) is 0 Å². The second-order valence-electron chi connectivity index (χ2n) is 5.67. The van der Waals surface area contributed by atoms with Crippen molar-refractivity contribution < 1.29 is 4.57 Å². The summed E-state index contributed by atoms with van der Waals surface area (Å²) in [6, 6.07) is 19.6. The summed E-state index contributed by atoms with van der Waals surface area (Å²) in [5.74, 6) is 1.94. The highest BCUT2D eigenvalue weighted by Crippen LogP contribution is 2.45. The fourth-order valence-electron chi connectivity index (χ4n) is 2.84. The minimum atomic E-state index is -2.71. The van der Waals surface area contributed by atoms with Crippen LogP contribution in [0.4, 0.5) is 0 Å². The molecule has 0 bridgehead atoms. The molecular formula is C20H21OP. The van der Waals surface area contributed by atoms with Crippen LogP contribution in [-0.2, 0) is 4.57 Å². The highest BCUT2D eigenvalue weighted by Gasteiger charge is 2.23. The fraction of sp³-hybridized carbons (Fsp3) is 0.200. The molecule has 0 saturated heterocycles. The summed E-state index contributed by atoms with van der Waals surface area (Å²) in [5, 5.41) is 1.79. The lowest BCUT2D eigenvalue weighted by Gasteiger charge is -2.16. The third-order valence-electron chi connectivity index (χ3n) is 4.10. The normalized spacial score (nSPS) is 15.7. The number of rotatable bonds is 4. The van der Waals surface area contributed by atoms with Gasteiger partial charge in [-0.15, -0.1) is 0 Å². The SMILES string of the molecule is O=P(/C=C/C1=CCCCC1)(c1ccccc1)c1ccccc1. The van der Waals surface area contributed by atoms with Crippen LogP contribution < -0.4 is 10.6 Å². The molecule has 2 aromatic rings. The highest BCUT2D eigenvalue weighted by molar-refractivity contribution is 7.81. The Morgan fingerprint density at radius 1 is 0.818 bits per heavy atom. The van der Waals surface area contributed by atoms with Gasteiger partial charge in [-0.2, -0.15) is 0 Å². The molecule has 1 nitrogen and oxygen atoms in total. The standard InChI is InChI=1S/C20H21OP/c21-22(19-12-6-2-7-13-19,20-14-8-3-9-15-20)17-16-18-10-4-1-5-11-18/h2-3,6-10,12-17H,1,4-5,11H2/b17-16+.